The van der Waals surface area contributed by atoms with Crippen molar-refractivity contribution in [3.05, 3.63) is 28.3 Å². The van der Waals surface area contributed by atoms with E-state index in [-0.39, 0.29) is 5.97 Å². The lowest BCUT2D eigenvalue weighted by atomic mass is 10.2. The SMILES string of the molecule is CCOC(=O)c1c(C2CC2)nc2ncc(Br)cn12. The van der Waals surface area contributed by atoms with Crippen LogP contribution in [0.5, 0.6) is 0 Å². The van der Waals surface area contributed by atoms with Gasteiger partial charge in [-0.05, 0) is 35.7 Å². The van der Waals surface area contributed by atoms with Crippen molar-refractivity contribution in [3.8, 4) is 0 Å². The molecule has 2 aromatic rings. The third-order valence-corrected chi connectivity index (χ3v) is 3.32. The van der Waals surface area contributed by atoms with Crippen LogP contribution in [0.3, 0.4) is 0 Å². The predicted molar refractivity (Wildman–Crippen MR) is 68.6 cm³/mol. The lowest BCUT2D eigenvalue weighted by Gasteiger charge is -2.03. The van der Waals surface area contributed by atoms with Gasteiger partial charge in [-0.1, -0.05) is 0 Å². The fourth-order valence-electron chi connectivity index (χ4n) is 1.97. The first-order valence-electron chi connectivity index (χ1n) is 5.91. The number of fused-ring (bicyclic) bond motifs is 1. The van der Waals surface area contributed by atoms with Crippen molar-refractivity contribution in [2.75, 3.05) is 6.61 Å². The Hall–Kier alpha value is -1.43. The molecule has 6 heteroatoms. The fraction of sp³-hybridized carbons (Fsp3) is 0.417. The lowest BCUT2D eigenvalue weighted by molar-refractivity contribution is 0.0516. The van der Waals surface area contributed by atoms with Crippen LogP contribution >= 0.6 is 15.9 Å². The van der Waals surface area contributed by atoms with Gasteiger partial charge in [0.15, 0.2) is 5.69 Å². The zero-order chi connectivity index (χ0) is 12.7. The maximum absolute atomic E-state index is 12.1. The summed E-state index contributed by atoms with van der Waals surface area (Å²) >= 11 is 3.35. The molecule has 0 spiro atoms. The fourth-order valence-corrected chi connectivity index (χ4v) is 2.28. The van der Waals surface area contributed by atoms with E-state index < -0.39 is 0 Å². The molecule has 1 fully saturated rings. The molecule has 0 amide bonds. The number of aromatic nitrogens is 3. The van der Waals surface area contributed by atoms with E-state index in [1.54, 1.807) is 23.7 Å². The van der Waals surface area contributed by atoms with Gasteiger partial charge in [-0.3, -0.25) is 4.40 Å². The highest BCUT2D eigenvalue weighted by Gasteiger charge is 2.33. The van der Waals surface area contributed by atoms with Crippen LogP contribution in [0.2, 0.25) is 0 Å². The molecule has 1 aliphatic carbocycles. The average molecular weight is 310 g/mol. The quantitative estimate of drug-likeness (QED) is 0.818. The molecule has 1 aliphatic rings. The lowest BCUT2D eigenvalue weighted by Crippen LogP contribution is -2.10. The van der Waals surface area contributed by atoms with Crippen LogP contribution in [0.4, 0.5) is 0 Å². The number of imidazole rings is 1. The molecule has 0 atom stereocenters. The summed E-state index contributed by atoms with van der Waals surface area (Å²) in [6, 6.07) is 0. The molecule has 94 valence electrons. The second kappa shape index (κ2) is 4.35. The van der Waals surface area contributed by atoms with Crippen LogP contribution in [0.25, 0.3) is 5.78 Å². The molecule has 0 aliphatic heterocycles. The minimum Gasteiger partial charge on any atom is -0.461 e. The van der Waals surface area contributed by atoms with E-state index in [1.807, 2.05) is 0 Å². The van der Waals surface area contributed by atoms with E-state index in [0.29, 0.717) is 24.0 Å². The Bertz CT molecular complexity index is 619. The second-order valence-corrected chi connectivity index (χ2v) is 5.20. The summed E-state index contributed by atoms with van der Waals surface area (Å²) in [7, 11) is 0. The summed E-state index contributed by atoms with van der Waals surface area (Å²) in [6.45, 7) is 2.16. The number of carbonyl (C=O) groups excluding carboxylic acids is 1. The second-order valence-electron chi connectivity index (χ2n) is 4.28. The minimum atomic E-state index is -0.327. The Morgan fingerprint density at radius 3 is 3.06 bits per heavy atom. The summed E-state index contributed by atoms with van der Waals surface area (Å²) in [5.74, 6) is 0.597. The first-order valence-corrected chi connectivity index (χ1v) is 6.70. The highest BCUT2D eigenvalue weighted by Crippen LogP contribution is 2.41. The van der Waals surface area contributed by atoms with Crippen molar-refractivity contribution in [1.82, 2.24) is 14.4 Å². The highest BCUT2D eigenvalue weighted by atomic mass is 79.9. The van der Waals surface area contributed by atoms with Crippen LogP contribution in [0, 0.1) is 0 Å². The van der Waals surface area contributed by atoms with Crippen molar-refractivity contribution in [3.63, 3.8) is 0 Å². The summed E-state index contributed by atoms with van der Waals surface area (Å²) in [5, 5.41) is 0. The Morgan fingerprint density at radius 1 is 1.61 bits per heavy atom. The van der Waals surface area contributed by atoms with Gasteiger partial charge >= 0.3 is 5.97 Å². The van der Waals surface area contributed by atoms with E-state index in [0.717, 1.165) is 23.0 Å². The van der Waals surface area contributed by atoms with E-state index in [1.165, 1.54) is 0 Å². The van der Waals surface area contributed by atoms with Gasteiger partial charge in [0, 0.05) is 18.3 Å². The Balaban J connectivity index is 2.19. The van der Waals surface area contributed by atoms with Gasteiger partial charge in [0.2, 0.25) is 5.78 Å². The number of rotatable bonds is 3. The van der Waals surface area contributed by atoms with Crippen molar-refractivity contribution >= 4 is 27.7 Å². The normalized spacial score (nSPS) is 15.0. The molecule has 3 rings (SSSR count). The van der Waals surface area contributed by atoms with E-state index >= 15 is 0 Å². The monoisotopic (exact) mass is 309 g/mol. The number of halogens is 1. The number of nitrogens with zero attached hydrogens (tertiary/aromatic N) is 3. The molecule has 0 N–H and O–H groups in total. The van der Waals surface area contributed by atoms with E-state index in [9.17, 15) is 4.79 Å². The molecule has 18 heavy (non-hydrogen) atoms. The Morgan fingerprint density at radius 2 is 2.39 bits per heavy atom. The smallest absolute Gasteiger partial charge is 0.357 e. The van der Waals surface area contributed by atoms with Gasteiger partial charge in [-0.15, -0.1) is 0 Å². The van der Waals surface area contributed by atoms with E-state index in [2.05, 4.69) is 25.9 Å². The van der Waals surface area contributed by atoms with Gasteiger partial charge < -0.3 is 4.74 Å². The first-order chi connectivity index (χ1) is 8.70. The molecule has 5 nitrogen and oxygen atoms in total. The number of ether oxygens (including phenoxy) is 1. The van der Waals surface area contributed by atoms with Gasteiger partial charge in [0.25, 0.3) is 0 Å². The first kappa shape index (κ1) is 11.6. The Labute approximate surface area is 112 Å². The third kappa shape index (κ3) is 1.90. The van der Waals surface area contributed by atoms with Gasteiger partial charge in [-0.25, -0.2) is 14.8 Å². The maximum Gasteiger partial charge on any atom is 0.357 e. The number of esters is 1. The van der Waals surface area contributed by atoms with Gasteiger partial charge in [0.1, 0.15) is 0 Å². The third-order valence-electron chi connectivity index (χ3n) is 2.91. The standard InChI is InChI=1S/C12H12BrN3O2/c1-2-18-11(17)10-9(7-3-4-7)15-12-14-5-8(13)6-16(10)12/h5-7H,2-4H2,1H3. The summed E-state index contributed by atoms with van der Waals surface area (Å²) in [6.07, 6.45) is 5.64. The highest BCUT2D eigenvalue weighted by molar-refractivity contribution is 9.10. The van der Waals surface area contributed by atoms with Crippen molar-refractivity contribution in [1.29, 1.82) is 0 Å². The number of hydrogen-bond donors (Lipinski definition) is 0. The van der Waals surface area contributed by atoms with Gasteiger partial charge in [0.05, 0.1) is 16.8 Å². The van der Waals surface area contributed by atoms with Crippen molar-refractivity contribution in [2.45, 2.75) is 25.7 Å². The Kier molecular flexibility index (Phi) is 2.81. The van der Waals surface area contributed by atoms with Crippen LogP contribution < -0.4 is 0 Å². The number of carbonyl (C=O) groups is 1. The molecule has 0 unspecified atom stereocenters. The maximum atomic E-state index is 12.1. The molecule has 2 aromatic heterocycles. The van der Waals surface area contributed by atoms with Crippen LogP contribution in [-0.4, -0.2) is 26.9 Å². The zero-order valence-corrected chi connectivity index (χ0v) is 11.5. The minimum absolute atomic E-state index is 0.327. The molecule has 0 radical (unpaired) electrons. The van der Waals surface area contributed by atoms with Gasteiger partial charge in [-0.2, -0.15) is 0 Å². The van der Waals surface area contributed by atoms with E-state index in [4.69, 9.17) is 4.74 Å². The summed E-state index contributed by atoms with van der Waals surface area (Å²) in [5.41, 5.74) is 1.34. The van der Waals surface area contributed by atoms with Crippen LogP contribution in [-0.2, 0) is 4.74 Å². The summed E-state index contributed by atoms with van der Waals surface area (Å²) in [4.78, 5) is 20.7. The average Bonchev–Trinajstić information content (AvgIpc) is 3.11. The molecule has 0 bridgehead atoms. The molecule has 1 saturated carbocycles. The molecule has 2 heterocycles. The largest absolute Gasteiger partial charge is 0.461 e. The zero-order valence-electron chi connectivity index (χ0n) is 9.89. The van der Waals surface area contributed by atoms with Crippen LogP contribution in [0.15, 0.2) is 16.9 Å². The topological polar surface area (TPSA) is 56.5 Å². The molecular weight excluding hydrogens is 298 g/mol. The van der Waals surface area contributed by atoms with Crippen molar-refractivity contribution < 1.29 is 9.53 Å². The summed E-state index contributed by atoms with van der Waals surface area (Å²) < 4.78 is 7.62. The molecular formula is C12H12BrN3O2. The van der Waals surface area contributed by atoms with Crippen LogP contribution in [0.1, 0.15) is 41.9 Å². The van der Waals surface area contributed by atoms with Crippen molar-refractivity contribution in [2.24, 2.45) is 0 Å². The molecule has 0 aromatic carbocycles. The molecule has 0 saturated heterocycles. The number of hydrogen-bond acceptors (Lipinski definition) is 4. The predicted octanol–water partition coefficient (Wildman–Crippen LogP) is 2.55.